The van der Waals surface area contributed by atoms with Crippen LogP contribution in [0.15, 0.2) is 12.1 Å². The fraction of sp³-hybridized carbons (Fsp3) is 0.632. The first kappa shape index (κ1) is 21.0. The van der Waals surface area contributed by atoms with Crippen LogP contribution in [0.1, 0.15) is 6.42 Å². The topological polar surface area (TPSA) is 66.5 Å². The number of urea groups is 1. The average molecular weight is 380 g/mol. The van der Waals surface area contributed by atoms with Crippen molar-refractivity contribution in [3.8, 4) is 17.2 Å². The van der Waals surface area contributed by atoms with Gasteiger partial charge in [0.15, 0.2) is 11.5 Å². The summed E-state index contributed by atoms with van der Waals surface area (Å²) in [5.41, 5.74) is 0.996. The molecular formula is C19H32N4O4. The Morgan fingerprint density at radius 2 is 1.63 bits per heavy atom. The van der Waals surface area contributed by atoms with Crippen molar-refractivity contribution < 1.29 is 19.0 Å². The van der Waals surface area contributed by atoms with E-state index >= 15 is 0 Å². The van der Waals surface area contributed by atoms with Gasteiger partial charge in [0.05, 0.1) is 21.3 Å². The van der Waals surface area contributed by atoms with Crippen molar-refractivity contribution in [1.82, 2.24) is 15.1 Å². The first-order chi connectivity index (χ1) is 13.0. The number of benzene rings is 1. The predicted octanol–water partition coefficient (Wildman–Crippen LogP) is 1.50. The highest BCUT2D eigenvalue weighted by Gasteiger charge is 2.23. The third-order valence-electron chi connectivity index (χ3n) is 4.64. The second kappa shape index (κ2) is 10.1. The van der Waals surface area contributed by atoms with Gasteiger partial charge in [-0.25, -0.2) is 4.79 Å². The molecule has 0 unspecified atom stereocenters. The lowest BCUT2D eigenvalue weighted by molar-refractivity contribution is 0.194. The van der Waals surface area contributed by atoms with Crippen LogP contribution in [-0.2, 0) is 0 Å². The van der Waals surface area contributed by atoms with Gasteiger partial charge in [-0.05, 0) is 27.1 Å². The van der Waals surface area contributed by atoms with Crippen LogP contribution < -0.4 is 24.4 Å². The summed E-state index contributed by atoms with van der Waals surface area (Å²) in [5.74, 6) is 1.85. The lowest BCUT2D eigenvalue weighted by Gasteiger charge is -2.36. The van der Waals surface area contributed by atoms with E-state index in [9.17, 15) is 4.79 Å². The van der Waals surface area contributed by atoms with Crippen molar-refractivity contribution >= 4 is 11.7 Å². The zero-order chi connectivity index (χ0) is 19.8. The molecule has 8 nitrogen and oxygen atoms in total. The third-order valence-corrected chi connectivity index (χ3v) is 4.64. The highest BCUT2D eigenvalue weighted by atomic mass is 16.5. The Kier molecular flexibility index (Phi) is 7.84. The van der Waals surface area contributed by atoms with Gasteiger partial charge in [-0.15, -0.1) is 0 Å². The molecule has 0 aromatic heterocycles. The van der Waals surface area contributed by atoms with E-state index in [0.29, 0.717) is 36.9 Å². The van der Waals surface area contributed by atoms with Crippen molar-refractivity contribution in [2.75, 3.05) is 79.6 Å². The minimum atomic E-state index is 0.0123. The monoisotopic (exact) mass is 380 g/mol. The number of hydrogen-bond acceptors (Lipinski definition) is 6. The number of ether oxygens (including phenoxy) is 3. The number of piperazine rings is 1. The molecule has 1 saturated heterocycles. The highest BCUT2D eigenvalue weighted by molar-refractivity contribution is 5.74. The first-order valence-corrected chi connectivity index (χ1v) is 9.22. The molecule has 0 aliphatic carbocycles. The van der Waals surface area contributed by atoms with Crippen LogP contribution in [0.2, 0.25) is 0 Å². The van der Waals surface area contributed by atoms with Crippen LogP contribution in [0.4, 0.5) is 10.5 Å². The molecule has 1 aliphatic heterocycles. The van der Waals surface area contributed by atoms with Gasteiger partial charge < -0.3 is 34.2 Å². The SMILES string of the molecule is COc1cc(N2CCN(C(=O)NCCCN(C)C)CC2)cc(OC)c1OC. The molecule has 0 atom stereocenters. The number of carbonyl (C=O) groups excluding carboxylic acids is 1. The third kappa shape index (κ3) is 5.56. The summed E-state index contributed by atoms with van der Waals surface area (Å²) in [6, 6.07) is 3.90. The average Bonchev–Trinajstić information content (AvgIpc) is 2.69. The molecule has 0 spiro atoms. The fourth-order valence-corrected chi connectivity index (χ4v) is 3.12. The van der Waals surface area contributed by atoms with Crippen LogP contribution >= 0.6 is 0 Å². The molecule has 0 saturated carbocycles. The Bertz CT molecular complexity index is 591. The number of nitrogens with one attached hydrogen (secondary N) is 1. The fourth-order valence-electron chi connectivity index (χ4n) is 3.12. The Labute approximate surface area is 162 Å². The van der Waals surface area contributed by atoms with Crippen molar-refractivity contribution in [1.29, 1.82) is 0 Å². The van der Waals surface area contributed by atoms with Crippen LogP contribution in [0.5, 0.6) is 17.2 Å². The molecule has 1 fully saturated rings. The summed E-state index contributed by atoms with van der Waals surface area (Å²) in [6.45, 7) is 4.53. The first-order valence-electron chi connectivity index (χ1n) is 9.22. The Morgan fingerprint density at radius 1 is 1.04 bits per heavy atom. The molecule has 1 heterocycles. The number of amides is 2. The summed E-state index contributed by atoms with van der Waals surface area (Å²) in [6.07, 6.45) is 0.949. The molecule has 8 heteroatoms. The normalized spacial score (nSPS) is 14.3. The number of methoxy groups -OCH3 is 3. The maximum atomic E-state index is 12.3. The standard InChI is InChI=1S/C19H32N4O4/c1-21(2)8-6-7-20-19(24)23-11-9-22(10-12-23)15-13-16(25-3)18(27-5)17(14-15)26-4/h13-14H,6-12H2,1-5H3,(H,20,24). The van der Waals surface area contributed by atoms with Crippen LogP contribution in [0.3, 0.4) is 0 Å². The Morgan fingerprint density at radius 3 is 2.11 bits per heavy atom. The van der Waals surface area contributed by atoms with Crippen LogP contribution in [0.25, 0.3) is 0 Å². The Hall–Kier alpha value is -2.35. The van der Waals surface area contributed by atoms with E-state index in [0.717, 1.165) is 31.7 Å². The zero-order valence-electron chi connectivity index (χ0n) is 17.1. The zero-order valence-corrected chi connectivity index (χ0v) is 17.1. The minimum absolute atomic E-state index is 0.0123. The molecule has 2 rings (SSSR count). The molecule has 27 heavy (non-hydrogen) atoms. The van der Waals surface area contributed by atoms with Crippen molar-refractivity contribution in [2.24, 2.45) is 0 Å². The molecule has 1 aromatic rings. The van der Waals surface area contributed by atoms with E-state index in [1.165, 1.54) is 0 Å². The van der Waals surface area contributed by atoms with E-state index in [2.05, 4.69) is 15.1 Å². The summed E-state index contributed by atoms with van der Waals surface area (Å²) in [7, 11) is 8.88. The van der Waals surface area contributed by atoms with Crippen LogP contribution in [0, 0.1) is 0 Å². The van der Waals surface area contributed by atoms with Gasteiger partial charge in [-0.3, -0.25) is 0 Å². The number of carbonyl (C=O) groups is 1. The lowest BCUT2D eigenvalue weighted by atomic mass is 10.2. The largest absolute Gasteiger partial charge is 0.493 e. The van der Waals surface area contributed by atoms with Gasteiger partial charge in [-0.1, -0.05) is 0 Å². The van der Waals surface area contributed by atoms with Gasteiger partial charge in [-0.2, -0.15) is 0 Å². The van der Waals surface area contributed by atoms with Crippen molar-refractivity contribution in [3.63, 3.8) is 0 Å². The summed E-state index contributed by atoms with van der Waals surface area (Å²) < 4.78 is 16.2. The lowest BCUT2D eigenvalue weighted by Crippen LogP contribution is -2.52. The number of anilines is 1. The summed E-state index contributed by atoms with van der Waals surface area (Å²) in [4.78, 5) is 18.5. The van der Waals surface area contributed by atoms with Crippen LogP contribution in [-0.4, -0.2) is 90.5 Å². The van der Waals surface area contributed by atoms with E-state index in [1.807, 2.05) is 31.1 Å². The second-order valence-electron chi connectivity index (χ2n) is 6.75. The van der Waals surface area contributed by atoms with Gasteiger partial charge in [0.1, 0.15) is 0 Å². The number of hydrogen-bond donors (Lipinski definition) is 1. The van der Waals surface area contributed by atoms with Crippen molar-refractivity contribution in [3.05, 3.63) is 12.1 Å². The van der Waals surface area contributed by atoms with Gasteiger partial charge in [0, 0.05) is 50.5 Å². The number of rotatable bonds is 8. The van der Waals surface area contributed by atoms with Gasteiger partial charge in [0.25, 0.3) is 0 Å². The highest BCUT2D eigenvalue weighted by Crippen LogP contribution is 2.41. The molecular weight excluding hydrogens is 348 g/mol. The maximum absolute atomic E-state index is 12.3. The van der Waals surface area contributed by atoms with Crippen molar-refractivity contribution in [2.45, 2.75) is 6.42 Å². The smallest absolute Gasteiger partial charge is 0.317 e. The molecule has 0 radical (unpaired) electrons. The molecule has 2 amide bonds. The van der Waals surface area contributed by atoms with E-state index in [1.54, 1.807) is 21.3 Å². The molecule has 1 aromatic carbocycles. The Balaban J connectivity index is 1.92. The van der Waals surface area contributed by atoms with Gasteiger partial charge in [0.2, 0.25) is 5.75 Å². The van der Waals surface area contributed by atoms with Gasteiger partial charge >= 0.3 is 6.03 Å². The number of nitrogens with zero attached hydrogens (tertiary/aromatic N) is 3. The summed E-state index contributed by atoms with van der Waals surface area (Å²) in [5, 5.41) is 3.00. The minimum Gasteiger partial charge on any atom is -0.493 e. The van der Waals surface area contributed by atoms with E-state index in [-0.39, 0.29) is 6.03 Å². The maximum Gasteiger partial charge on any atom is 0.317 e. The molecule has 1 N–H and O–H groups in total. The van der Waals surface area contributed by atoms with E-state index < -0.39 is 0 Å². The predicted molar refractivity (Wildman–Crippen MR) is 106 cm³/mol. The molecule has 1 aliphatic rings. The molecule has 0 bridgehead atoms. The molecule has 152 valence electrons. The van der Waals surface area contributed by atoms with E-state index in [4.69, 9.17) is 14.2 Å². The second-order valence-corrected chi connectivity index (χ2v) is 6.75. The quantitative estimate of drug-likeness (QED) is 0.690. The summed E-state index contributed by atoms with van der Waals surface area (Å²) >= 11 is 0.